The van der Waals surface area contributed by atoms with Crippen molar-refractivity contribution in [3.05, 3.63) is 72.3 Å². The number of carbonyl (C=O) groups is 2. The molecule has 2 aromatic carbocycles. The van der Waals surface area contributed by atoms with Crippen molar-refractivity contribution in [1.82, 2.24) is 4.90 Å². The van der Waals surface area contributed by atoms with Crippen LogP contribution in [-0.4, -0.2) is 22.9 Å². The van der Waals surface area contributed by atoms with E-state index in [9.17, 15) is 9.59 Å². The van der Waals surface area contributed by atoms with Crippen LogP contribution in [0.2, 0.25) is 0 Å². The van der Waals surface area contributed by atoms with Crippen LogP contribution < -0.4 is 4.74 Å². The monoisotopic (exact) mass is 293 g/mol. The molecule has 1 heterocycles. The molecule has 22 heavy (non-hydrogen) atoms. The van der Waals surface area contributed by atoms with E-state index < -0.39 is 6.09 Å². The van der Waals surface area contributed by atoms with Crippen molar-refractivity contribution < 1.29 is 14.3 Å². The van der Waals surface area contributed by atoms with E-state index in [1.807, 2.05) is 48.6 Å². The number of nitrogens with zero attached hydrogens (tertiary/aromatic N) is 1. The topological polar surface area (TPSA) is 46.6 Å². The molecule has 1 aliphatic rings. The van der Waals surface area contributed by atoms with Gasteiger partial charge in [-0.25, -0.2) is 9.69 Å². The first-order valence-corrected chi connectivity index (χ1v) is 7.06. The van der Waals surface area contributed by atoms with Crippen molar-refractivity contribution in [2.75, 3.05) is 0 Å². The van der Waals surface area contributed by atoms with Crippen LogP contribution in [0.25, 0.3) is 6.08 Å². The summed E-state index contributed by atoms with van der Waals surface area (Å²) in [7, 11) is 0. The van der Waals surface area contributed by atoms with Crippen LogP contribution >= 0.6 is 0 Å². The number of benzene rings is 2. The number of ether oxygens (including phenoxy) is 1. The summed E-state index contributed by atoms with van der Waals surface area (Å²) in [5.74, 6) is 0.210. The van der Waals surface area contributed by atoms with Crippen molar-refractivity contribution in [2.24, 2.45) is 0 Å². The summed E-state index contributed by atoms with van der Waals surface area (Å²) < 4.78 is 5.20. The largest absolute Gasteiger partial charge is 0.422 e. The van der Waals surface area contributed by atoms with Gasteiger partial charge in [0.25, 0.3) is 0 Å². The number of hydrogen-bond acceptors (Lipinski definition) is 3. The van der Waals surface area contributed by atoms with Crippen LogP contribution in [0.5, 0.6) is 5.75 Å². The molecule has 1 atom stereocenters. The minimum absolute atomic E-state index is 0.219. The Balaban J connectivity index is 1.66. The predicted octanol–water partition coefficient (Wildman–Crippen LogP) is 3.50. The average Bonchev–Trinajstić information content (AvgIpc) is 2.53. The molecule has 0 unspecified atom stereocenters. The second-order valence-electron chi connectivity index (χ2n) is 4.99. The van der Waals surface area contributed by atoms with Crippen molar-refractivity contribution in [1.29, 1.82) is 0 Å². The van der Waals surface area contributed by atoms with Crippen LogP contribution in [0, 0.1) is 0 Å². The number of imide groups is 1. The summed E-state index contributed by atoms with van der Waals surface area (Å²) in [5, 5.41) is 0. The number of carbonyl (C=O) groups excluding carboxylic acids is 2. The Morgan fingerprint density at radius 1 is 1.05 bits per heavy atom. The highest BCUT2D eigenvalue weighted by Gasteiger charge is 2.40. The lowest BCUT2D eigenvalue weighted by atomic mass is 10.0. The first-order chi connectivity index (χ1) is 10.7. The summed E-state index contributed by atoms with van der Waals surface area (Å²) in [6, 6.07) is 18.2. The quantitative estimate of drug-likeness (QED) is 0.814. The van der Waals surface area contributed by atoms with Gasteiger partial charge in [-0.05, 0) is 17.7 Å². The molecule has 3 rings (SSSR count). The van der Waals surface area contributed by atoms with Gasteiger partial charge in [-0.15, -0.1) is 0 Å². The van der Waals surface area contributed by atoms with Gasteiger partial charge in [0.1, 0.15) is 5.75 Å². The standard InChI is InChI=1S/C18H15NO3/c20-17-13-15(12-11-14-7-3-1-4-8-14)19(17)18(21)22-16-9-5-2-6-10-16/h1-12,15H,13H2/b12-11+/t15-/m1/s1. The summed E-state index contributed by atoms with van der Waals surface area (Å²) in [6.07, 6.45) is 3.45. The van der Waals surface area contributed by atoms with E-state index in [2.05, 4.69) is 0 Å². The number of rotatable bonds is 3. The Hall–Kier alpha value is -2.88. The lowest BCUT2D eigenvalue weighted by Crippen LogP contribution is -2.55. The Bertz CT molecular complexity index is 695. The molecule has 4 heteroatoms. The maximum atomic E-state index is 12.1. The lowest BCUT2D eigenvalue weighted by Gasteiger charge is -2.35. The van der Waals surface area contributed by atoms with Gasteiger partial charge in [0, 0.05) is 0 Å². The Kier molecular flexibility index (Phi) is 4.01. The van der Waals surface area contributed by atoms with Crippen LogP contribution in [0.4, 0.5) is 4.79 Å². The number of β-lactam (4-membered cyclic amide) rings is 1. The minimum Gasteiger partial charge on any atom is -0.410 e. The van der Waals surface area contributed by atoms with Crippen LogP contribution in [0.15, 0.2) is 66.7 Å². The summed E-state index contributed by atoms with van der Waals surface area (Å²) in [4.78, 5) is 24.9. The number of para-hydroxylation sites is 1. The molecule has 1 fully saturated rings. The smallest absolute Gasteiger partial charge is 0.410 e. The number of amides is 2. The third-order valence-corrected chi connectivity index (χ3v) is 3.44. The zero-order valence-corrected chi connectivity index (χ0v) is 11.9. The molecule has 0 bridgehead atoms. The molecule has 0 saturated carbocycles. The van der Waals surface area contributed by atoms with E-state index in [-0.39, 0.29) is 11.9 Å². The van der Waals surface area contributed by atoms with E-state index in [1.165, 1.54) is 0 Å². The van der Waals surface area contributed by atoms with Gasteiger partial charge in [0.2, 0.25) is 5.91 Å². The molecule has 2 amide bonds. The van der Waals surface area contributed by atoms with Gasteiger partial charge in [-0.2, -0.15) is 0 Å². The molecule has 0 N–H and O–H groups in total. The van der Waals surface area contributed by atoms with E-state index in [4.69, 9.17) is 4.74 Å². The first-order valence-electron chi connectivity index (χ1n) is 7.06. The fourth-order valence-corrected chi connectivity index (χ4v) is 2.26. The fraction of sp³-hybridized carbons (Fsp3) is 0.111. The molecule has 4 nitrogen and oxygen atoms in total. The Labute approximate surface area is 128 Å². The maximum absolute atomic E-state index is 12.1. The number of hydrogen-bond donors (Lipinski definition) is 0. The maximum Gasteiger partial charge on any atom is 0.422 e. The molecule has 110 valence electrons. The van der Waals surface area contributed by atoms with Crippen molar-refractivity contribution in [3.8, 4) is 5.75 Å². The molecule has 2 aromatic rings. The van der Waals surface area contributed by atoms with E-state index >= 15 is 0 Å². The normalized spacial score (nSPS) is 17.4. The van der Waals surface area contributed by atoms with Crippen molar-refractivity contribution >= 4 is 18.1 Å². The Morgan fingerprint density at radius 2 is 1.68 bits per heavy atom. The molecule has 0 aromatic heterocycles. The van der Waals surface area contributed by atoms with E-state index in [0.29, 0.717) is 12.2 Å². The molecular formula is C18H15NO3. The van der Waals surface area contributed by atoms with Gasteiger partial charge in [-0.1, -0.05) is 60.7 Å². The summed E-state index contributed by atoms with van der Waals surface area (Å²) >= 11 is 0. The highest BCUT2D eigenvalue weighted by molar-refractivity contribution is 5.99. The third kappa shape index (κ3) is 3.06. The predicted molar refractivity (Wildman–Crippen MR) is 83.2 cm³/mol. The van der Waals surface area contributed by atoms with Crippen LogP contribution in [0.1, 0.15) is 12.0 Å². The fourth-order valence-electron chi connectivity index (χ4n) is 2.26. The van der Waals surface area contributed by atoms with Crippen LogP contribution in [-0.2, 0) is 4.79 Å². The van der Waals surface area contributed by atoms with Gasteiger partial charge < -0.3 is 4.74 Å². The number of likely N-dealkylation sites (tertiary alicyclic amines) is 1. The zero-order valence-electron chi connectivity index (χ0n) is 11.9. The van der Waals surface area contributed by atoms with Gasteiger partial charge in [0.15, 0.2) is 0 Å². The second-order valence-corrected chi connectivity index (χ2v) is 4.99. The van der Waals surface area contributed by atoms with Crippen molar-refractivity contribution in [3.63, 3.8) is 0 Å². The average molecular weight is 293 g/mol. The van der Waals surface area contributed by atoms with E-state index in [0.717, 1.165) is 10.5 Å². The lowest BCUT2D eigenvalue weighted by molar-refractivity contribution is -0.139. The van der Waals surface area contributed by atoms with Gasteiger partial charge >= 0.3 is 6.09 Å². The summed E-state index contributed by atoms with van der Waals surface area (Å²) in [6.45, 7) is 0. The highest BCUT2D eigenvalue weighted by atomic mass is 16.6. The van der Waals surface area contributed by atoms with E-state index in [1.54, 1.807) is 24.3 Å². The molecule has 1 saturated heterocycles. The summed E-state index contributed by atoms with van der Waals surface area (Å²) in [5.41, 5.74) is 1.03. The van der Waals surface area contributed by atoms with Gasteiger partial charge in [-0.3, -0.25) is 4.79 Å². The minimum atomic E-state index is -0.634. The molecule has 1 aliphatic heterocycles. The second kappa shape index (κ2) is 6.26. The zero-order chi connectivity index (χ0) is 15.4. The molecule has 0 spiro atoms. The molecular weight excluding hydrogens is 278 g/mol. The first kappa shape index (κ1) is 14.1. The molecule has 0 aliphatic carbocycles. The van der Waals surface area contributed by atoms with Crippen LogP contribution in [0.3, 0.4) is 0 Å². The third-order valence-electron chi connectivity index (χ3n) is 3.44. The molecule has 0 radical (unpaired) electrons. The highest BCUT2D eigenvalue weighted by Crippen LogP contribution is 2.23. The van der Waals surface area contributed by atoms with Crippen molar-refractivity contribution in [2.45, 2.75) is 12.5 Å². The Morgan fingerprint density at radius 3 is 2.32 bits per heavy atom. The van der Waals surface area contributed by atoms with Gasteiger partial charge in [0.05, 0.1) is 12.5 Å². The SMILES string of the molecule is O=C1C[C@@H](/C=C/c2ccccc2)N1C(=O)Oc1ccccc1.